The summed E-state index contributed by atoms with van der Waals surface area (Å²) in [7, 11) is 0. The van der Waals surface area contributed by atoms with Crippen LogP contribution in [-0.2, 0) is 17.8 Å². The molecule has 1 saturated carbocycles. The maximum atomic E-state index is 13.8. The Labute approximate surface area is 180 Å². The average molecular weight is 447 g/mol. The van der Waals surface area contributed by atoms with E-state index in [1.54, 1.807) is 9.47 Å². The number of benzene rings is 1. The van der Waals surface area contributed by atoms with Crippen LogP contribution < -0.4 is 10.7 Å². The lowest BCUT2D eigenvalue weighted by Gasteiger charge is -2.44. The minimum atomic E-state index is -1.14. The Morgan fingerprint density at radius 3 is 2.62 bits per heavy atom. The molecule has 2 bridgehead atoms. The zero-order valence-corrected chi connectivity index (χ0v) is 17.2. The molecule has 5 rings (SSSR count). The Kier molecular flexibility index (Phi) is 4.85. The number of fused-ring (bicyclic) bond motifs is 5. The predicted molar refractivity (Wildman–Crippen MR) is 105 cm³/mol. The van der Waals surface area contributed by atoms with E-state index < -0.39 is 47.1 Å². The first-order valence-electron chi connectivity index (χ1n) is 10.4. The molecule has 0 unspecified atom stereocenters. The molecule has 2 fully saturated rings. The Balaban J connectivity index is 1.44. The zero-order chi connectivity index (χ0) is 22.7. The summed E-state index contributed by atoms with van der Waals surface area (Å²) in [5.74, 6) is -4.51. The van der Waals surface area contributed by atoms with Crippen molar-refractivity contribution in [1.82, 2.24) is 14.8 Å². The second-order valence-corrected chi connectivity index (χ2v) is 8.42. The lowest BCUT2D eigenvalue weighted by molar-refractivity contribution is -0.132. The van der Waals surface area contributed by atoms with Crippen molar-refractivity contribution in [2.45, 2.75) is 57.6 Å². The normalized spacial score (nSPS) is 23.7. The number of pyridine rings is 1. The van der Waals surface area contributed by atoms with Gasteiger partial charge in [0, 0.05) is 42.0 Å². The summed E-state index contributed by atoms with van der Waals surface area (Å²) in [6.07, 6.45) is 3.42. The Morgan fingerprint density at radius 2 is 1.91 bits per heavy atom. The van der Waals surface area contributed by atoms with Gasteiger partial charge in [-0.1, -0.05) is 0 Å². The van der Waals surface area contributed by atoms with Crippen LogP contribution in [-0.4, -0.2) is 39.7 Å². The SMILES string of the molecule is Cc1c2n(cc(C(=O)NCc3c(F)cc(F)cc3F)c1=O)C[C@@H]1O[C@@H]3CC[C@@H](C3)N1C2=O. The second kappa shape index (κ2) is 7.47. The molecule has 10 heteroatoms. The number of hydrogen-bond acceptors (Lipinski definition) is 4. The molecule has 1 N–H and O–H groups in total. The number of carbonyl (C=O) groups is 2. The largest absolute Gasteiger partial charge is 0.353 e. The zero-order valence-electron chi connectivity index (χ0n) is 17.2. The van der Waals surface area contributed by atoms with Crippen molar-refractivity contribution in [2.24, 2.45) is 0 Å². The number of carbonyl (C=O) groups excluding carboxylic acids is 2. The average Bonchev–Trinajstić information content (AvgIpc) is 3.10. The molecule has 1 aromatic carbocycles. The standard InChI is InChI=1S/C22H20F3N3O4/c1-10-19-22(31)28-12-2-3-13(6-12)32-18(28)9-27(19)8-15(20(10)29)21(30)26-7-14-16(24)4-11(23)5-17(14)25/h4-5,8,12-13,18H,2-3,6-7,9H2,1H3,(H,26,30)/t12-,13+,18-/m0/s1. The number of nitrogens with zero attached hydrogens (tertiary/aromatic N) is 2. The van der Waals surface area contributed by atoms with E-state index in [1.165, 1.54) is 13.1 Å². The lowest BCUT2D eigenvalue weighted by Crippen LogP contribution is -2.57. The molecule has 2 aliphatic heterocycles. The lowest BCUT2D eigenvalue weighted by atomic mass is 10.0. The molecule has 3 atom stereocenters. The number of halogens is 3. The molecule has 1 aromatic heterocycles. The van der Waals surface area contributed by atoms with Crippen LogP contribution >= 0.6 is 0 Å². The summed E-state index contributed by atoms with van der Waals surface area (Å²) < 4.78 is 48.3. The molecule has 0 spiro atoms. The van der Waals surface area contributed by atoms with Gasteiger partial charge in [-0.05, 0) is 26.2 Å². The van der Waals surface area contributed by atoms with Crippen LogP contribution in [0.25, 0.3) is 0 Å². The van der Waals surface area contributed by atoms with E-state index in [-0.39, 0.29) is 41.4 Å². The highest BCUT2D eigenvalue weighted by Crippen LogP contribution is 2.38. The monoisotopic (exact) mass is 447 g/mol. The Morgan fingerprint density at radius 1 is 1.19 bits per heavy atom. The van der Waals surface area contributed by atoms with Gasteiger partial charge in [0.05, 0.1) is 12.6 Å². The van der Waals surface area contributed by atoms with Crippen LogP contribution in [0.4, 0.5) is 13.2 Å². The van der Waals surface area contributed by atoms with E-state index in [9.17, 15) is 27.6 Å². The summed E-state index contributed by atoms with van der Waals surface area (Å²) in [5, 5.41) is 2.30. The second-order valence-electron chi connectivity index (χ2n) is 8.42. The molecule has 2 amide bonds. The quantitative estimate of drug-likeness (QED) is 0.783. The van der Waals surface area contributed by atoms with Crippen molar-refractivity contribution in [1.29, 1.82) is 0 Å². The predicted octanol–water partition coefficient (Wildman–Crippen LogP) is 2.24. The molecule has 2 aromatic rings. The van der Waals surface area contributed by atoms with Gasteiger partial charge in [-0.25, -0.2) is 13.2 Å². The van der Waals surface area contributed by atoms with Crippen LogP contribution in [0, 0.1) is 24.4 Å². The van der Waals surface area contributed by atoms with E-state index in [2.05, 4.69) is 5.32 Å². The maximum absolute atomic E-state index is 13.8. The highest BCUT2D eigenvalue weighted by atomic mass is 19.1. The number of nitrogens with one attached hydrogen (secondary N) is 1. The van der Waals surface area contributed by atoms with E-state index in [0.717, 1.165) is 19.3 Å². The minimum absolute atomic E-state index is 0.0815. The molecule has 3 heterocycles. The first-order chi connectivity index (χ1) is 15.2. The first kappa shape index (κ1) is 20.7. The fraction of sp³-hybridized carbons (Fsp3) is 0.409. The number of rotatable bonds is 3. The van der Waals surface area contributed by atoms with Gasteiger partial charge in [-0.2, -0.15) is 0 Å². The van der Waals surface area contributed by atoms with E-state index in [4.69, 9.17) is 4.74 Å². The van der Waals surface area contributed by atoms with Crippen LogP contribution in [0.3, 0.4) is 0 Å². The van der Waals surface area contributed by atoms with Crippen molar-refractivity contribution < 1.29 is 27.5 Å². The molecule has 1 saturated heterocycles. The number of hydrogen-bond donors (Lipinski definition) is 1. The maximum Gasteiger partial charge on any atom is 0.273 e. The fourth-order valence-corrected chi connectivity index (χ4v) is 4.93. The molecule has 1 aliphatic carbocycles. The van der Waals surface area contributed by atoms with Crippen molar-refractivity contribution in [2.75, 3.05) is 0 Å². The van der Waals surface area contributed by atoms with Gasteiger partial charge in [0.2, 0.25) is 0 Å². The van der Waals surface area contributed by atoms with Crippen LogP contribution in [0.5, 0.6) is 0 Å². The van der Waals surface area contributed by atoms with E-state index in [0.29, 0.717) is 12.1 Å². The van der Waals surface area contributed by atoms with Gasteiger partial charge >= 0.3 is 0 Å². The molecular weight excluding hydrogens is 427 g/mol. The van der Waals surface area contributed by atoms with Crippen molar-refractivity contribution >= 4 is 11.8 Å². The van der Waals surface area contributed by atoms with Crippen molar-refractivity contribution in [3.63, 3.8) is 0 Å². The third-order valence-electron chi connectivity index (χ3n) is 6.49. The van der Waals surface area contributed by atoms with Crippen LogP contribution in [0.2, 0.25) is 0 Å². The van der Waals surface area contributed by atoms with Gasteiger partial charge < -0.3 is 19.5 Å². The Bertz CT molecular complexity index is 1190. The molecule has 0 radical (unpaired) electrons. The van der Waals surface area contributed by atoms with Gasteiger partial charge in [-0.15, -0.1) is 0 Å². The fourth-order valence-electron chi connectivity index (χ4n) is 4.93. The number of amides is 2. The molecular formula is C22H20F3N3O4. The highest BCUT2D eigenvalue weighted by Gasteiger charge is 2.47. The summed E-state index contributed by atoms with van der Waals surface area (Å²) >= 11 is 0. The summed E-state index contributed by atoms with van der Waals surface area (Å²) in [6, 6.07) is 1.10. The van der Waals surface area contributed by atoms with Crippen molar-refractivity contribution in [3.05, 3.63) is 68.4 Å². The molecule has 7 nitrogen and oxygen atoms in total. The molecule has 168 valence electrons. The summed E-state index contributed by atoms with van der Waals surface area (Å²) in [6.45, 7) is 1.18. The van der Waals surface area contributed by atoms with E-state index >= 15 is 0 Å². The number of aromatic nitrogens is 1. The topological polar surface area (TPSA) is 80.6 Å². The smallest absolute Gasteiger partial charge is 0.273 e. The molecule has 3 aliphatic rings. The van der Waals surface area contributed by atoms with Crippen LogP contribution in [0.1, 0.15) is 51.2 Å². The third kappa shape index (κ3) is 3.21. The van der Waals surface area contributed by atoms with Crippen LogP contribution in [0.15, 0.2) is 23.1 Å². The summed E-state index contributed by atoms with van der Waals surface area (Å²) in [5.41, 5.74) is -1.07. The first-order valence-corrected chi connectivity index (χ1v) is 10.4. The minimum Gasteiger partial charge on any atom is -0.353 e. The summed E-state index contributed by atoms with van der Waals surface area (Å²) in [4.78, 5) is 40.4. The molecule has 32 heavy (non-hydrogen) atoms. The Hall–Kier alpha value is -3.14. The van der Waals surface area contributed by atoms with Gasteiger partial charge in [0.15, 0.2) is 11.7 Å². The van der Waals surface area contributed by atoms with Gasteiger partial charge in [0.25, 0.3) is 11.8 Å². The van der Waals surface area contributed by atoms with Gasteiger partial charge in [-0.3, -0.25) is 14.4 Å². The third-order valence-corrected chi connectivity index (χ3v) is 6.49. The van der Waals surface area contributed by atoms with Gasteiger partial charge in [0.1, 0.15) is 28.7 Å². The number of ether oxygens (including phenoxy) is 1. The van der Waals surface area contributed by atoms with E-state index in [1.807, 2.05) is 0 Å². The van der Waals surface area contributed by atoms with Crippen molar-refractivity contribution in [3.8, 4) is 0 Å². The highest BCUT2D eigenvalue weighted by molar-refractivity contribution is 5.98.